The maximum absolute atomic E-state index is 5.81. The summed E-state index contributed by atoms with van der Waals surface area (Å²) in [6.07, 6.45) is 6.59. The van der Waals surface area contributed by atoms with E-state index >= 15 is 0 Å². The average molecular weight is 223 g/mol. The molecule has 0 aliphatic heterocycles. The van der Waals surface area contributed by atoms with Crippen molar-refractivity contribution in [2.75, 3.05) is 0 Å². The lowest BCUT2D eigenvalue weighted by molar-refractivity contribution is 0.260. The molecule has 0 spiro atoms. The van der Waals surface area contributed by atoms with Gasteiger partial charge in [-0.25, -0.2) is 0 Å². The van der Waals surface area contributed by atoms with Gasteiger partial charge in [0.25, 0.3) is 0 Å². The minimum absolute atomic E-state index is 0.210. The van der Waals surface area contributed by atoms with Crippen LogP contribution in [0.15, 0.2) is 36.4 Å². The Balaban J connectivity index is 2.35. The molecule has 1 rings (SSSR count). The number of hydrogen-bond donors (Lipinski definition) is 4. The van der Waals surface area contributed by atoms with Gasteiger partial charge in [0.1, 0.15) is 6.26 Å². The Labute approximate surface area is 94.3 Å². The van der Waals surface area contributed by atoms with Gasteiger partial charge in [-0.05, 0) is 30.8 Å². The Hall–Kier alpha value is -1.79. The molecule has 0 fully saturated rings. The summed E-state index contributed by atoms with van der Waals surface area (Å²) in [4.78, 5) is 4.30. The maximum Gasteiger partial charge on any atom is 0.108 e. The number of aromatic amines is 1. The molecule has 6 N–H and O–H groups in total. The highest BCUT2D eigenvalue weighted by Crippen LogP contribution is 1.99. The van der Waals surface area contributed by atoms with E-state index in [4.69, 9.17) is 11.6 Å². The fourth-order valence-electron chi connectivity index (χ4n) is 1.08. The van der Waals surface area contributed by atoms with E-state index in [1.807, 2.05) is 19.2 Å². The molecule has 0 amide bonds. The van der Waals surface area contributed by atoms with E-state index in [0.717, 1.165) is 11.3 Å². The molecule has 88 valence electrons. The predicted molar refractivity (Wildman–Crippen MR) is 61.6 cm³/mol. The first kappa shape index (κ1) is 12.3. The third-order valence-corrected chi connectivity index (χ3v) is 2.07. The summed E-state index contributed by atoms with van der Waals surface area (Å²) in [6, 6.07) is 1.69. The SMILES string of the molecule is C/C(=C\NCc1ccn[nH]1)C(N)/C=C/ON. The van der Waals surface area contributed by atoms with E-state index in [2.05, 4.69) is 20.4 Å². The largest absolute Gasteiger partial charge is 0.420 e. The molecule has 1 unspecified atom stereocenters. The van der Waals surface area contributed by atoms with Crippen LogP contribution in [-0.2, 0) is 11.4 Å². The first-order valence-electron chi connectivity index (χ1n) is 4.90. The number of nitrogens with zero attached hydrogens (tertiary/aromatic N) is 1. The highest BCUT2D eigenvalue weighted by molar-refractivity contribution is 5.13. The summed E-state index contributed by atoms with van der Waals surface area (Å²) in [5.41, 5.74) is 7.80. The second-order valence-electron chi connectivity index (χ2n) is 3.34. The lowest BCUT2D eigenvalue weighted by atomic mass is 10.1. The van der Waals surface area contributed by atoms with Gasteiger partial charge in [0.15, 0.2) is 0 Å². The zero-order valence-corrected chi connectivity index (χ0v) is 9.18. The normalized spacial score (nSPS) is 14.1. The number of aromatic nitrogens is 2. The van der Waals surface area contributed by atoms with E-state index in [0.29, 0.717) is 6.54 Å². The van der Waals surface area contributed by atoms with Crippen molar-refractivity contribution in [1.29, 1.82) is 0 Å². The molecule has 0 saturated carbocycles. The molecule has 0 radical (unpaired) electrons. The molecule has 0 bridgehead atoms. The van der Waals surface area contributed by atoms with Crippen molar-refractivity contribution in [3.8, 4) is 0 Å². The molecule has 1 aromatic heterocycles. The smallest absolute Gasteiger partial charge is 0.108 e. The summed E-state index contributed by atoms with van der Waals surface area (Å²) in [6.45, 7) is 2.60. The summed E-state index contributed by atoms with van der Waals surface area (Å²) < 4.78 is 0. The van der Waals surface area contributed by atoms with E-state index in [-0.39, 0.29) is 6.04 Å². The van der Waals surface area contributed by atoms with Gasteiger partial charge in [0, 0.05) is 12.2 Å². The van der Waals surface area contributed by atoms with Crippen molar-refractivity contribution < 1.29 is 4.84 Å². The van der Waals surface area contributed by atoms with Crippen molar-refractivity contribution in [3.63, 3.8) is 0 Å². The molecule has 0 aliphatic rings. The van der Waals surface area contributed by atoms with Crippen LogP contribution in [0.4, 0.5) is 0 Å². The van der Waals surface area contributed by atoms with Gasteiger partial charge in [-0.3, -0.25) is 5.10 Å². The Morgan fingerprint density at radius 1 is 1.75 bits per heavy atom. The molecule has 1 heterocycles. The van der Waals surface area contributed by atoms with Crippen molar-refractivity contribution in [3.05, 3.63) is 42.1 Å². The highest BCUT2D eigenvalue weighted by Gasteiger charge is 1.99. The lowest BCUT2D eigenvalue weighted by Gasteiger charge is -2.07. The average Bonchev–Trinajstić information content (AvgIpc) is 2.78. The molecule has 6 nitrogen and oxygen atoms in total. The van der Waals surface area contributed by atoms with Crippen LogP contribution in [0.1, 0.15) is 12.6 Å². The summed E-state index contributed by atoms with van der Waals surface area (Å²) in [5.74, 6) is 4.85. The second kappa shape index (κ2) is 6.65. The molecule has 16 heavy (non-hydrogen) atoms. The number of rotatable bonds is 6. The quantitative estimate of drug-likeness (QED) is 0.405. The van der Waals surface area contributed by atoms with Crippen molar-refractivity contribution in [2.45, 2.75) is 19.5 Å². The first-order valence-corrected chi connectivity index (χ1v) is 4.90. The fraction of sp³-hybridized carbons (Fsp3) is 0.300. The van der Waals surface area contributed by atoms with Gasteiger partial charge in [-0.15, -0.1) is 0 Å². The molecule has 1 atom stereocenters. The third kappa shape index (κ3) is 4.16. The first-order chi connectivity index (χ1) is 7.74. The van der Waals surface area contributed by atoms with Crippen LogP contribution in [0.2, 0.25) is 0 Å². The Morgan fingerprint density at radius 3 is 3.19 bits per heavy atom. The Morgan fingerprint density at radius 2 is 2.56 bits per heavy atom. The number of H-pyrrole nitrogens is 1. The molecule has 0 aliphatic carbocycles. The second-order valence-corrected chi connectivity index (χ2v) is 3.34. The summed E-state index contributed by atoms with van der Waals surface area (Å²) in [5, 5.41) is 9.82. The lowest BCUT2D eigenvalue weighted by Crippen LogP contribution is -2.20. The van der Waals surface area contributed by atoms with Crippen molar-refractivity contribution >= 4 is 0 Å². The van der Waals surface area contributed by atoms with E-state index in [9.17, 15) is 0 Å². The van der Waals surface area contributed by atoms with Crippen LogP contribution < -0.4 is 16.9 Å². The van der Waals surface area contributed by atoms with Crippen LogP contribution >= 0.6 is 0 Å². The molecule has 0 aromatic carbocycles. The number of nitrogens with one attached hydrogen (secondary N) is 2. The monoisotopic (exact) mass is 223 g/mol. The van der Waals surface area contributed by atoms with Crippen molar-refractivity contribution in [1.82, 2.24) is 15.5 Å². The van der Waals surface area contributed by atoms with Crippen LogP contribution in [0.25, 0.3) is 0 Å². The number of nitrogens with two attached hydrogens (primary N) is 2. The minimum Gasteiger partial charge on any atom is -0.420 e. The Kier molecular flexibility index (Phi) is 5.10. The Bertz CT molecular complexity index is 344. The predicted octanol–water partition coefficient (Wildman–Crippen LogP) is 0.134. The standard InChI is InChI=1S/C10H17N5O/c1-8(10(11)3-5-16-12)6-13-7-9-2-4-14-15-9/h2-6,10,13H,7,11-12H2,1H3,(H,14,15)/b5-3+,8-6+. The highest BCUT2D eigenvalue weighted by atomic mass is 16.6. The molecule has 1 aromatic rings. The van der Waals surface area contributed by atoms with E-state index in [1.165, 1.54) is 6.26 Å². The number of hydrogen-bond acceptors (Lipinski definition) is 5. The third-order valence-electron chi connectivity index (χ3n) is 2.07. The van der Waals surface area contributed by atoms with E-state index < -0.39 is 0 Å². The molecule has 6 heteroatoms. The summed E-state index contributed by atoms with van der Waals surface area (Å²) in [7, 11) is 0. The van der Waals surface area contributed by atoms with E-state index in [1.54, 1.807) is 12.3 Å². The van der Waals surface area contributed by atoms with Gasteiger partial charge >= 0.3 is 0 Å². The molecule has 0 saturated heterocycles. The topological polar surface area (TPSA) is 102 Å². The van der Waals surface area contributed by atoms with Gasteiger partial charge in [0.2, 0.25) is 0 Å². The molecular formula is C10H17N5O. The zero-order chi connectivity index (χ0) is 11.8. The summed E-state index contributed by atoms with van der Waals surface area (Å²) >= 11 is 0. The van der Waals surface area contributed by atoms with Gasteiger partial charge < -0.3 is 15.9 Å². The van der Waals surface area contributed by atoms with Crippen LogP contribution in [-0.4, -0.2) is 16.2 Å². The molecular weight excluding hydrogens is 206 g/mol. The fourth-order valence-corrected chi connectivity index (χ4v) is 1.08. The van der Waals surface area contributed by atoms with Crippen LogP contribution in [0.3, 0.4) is 0 Å². The van der Waals surface area contributed by atoms with Crippen molar-refractivity contribution in [2.24, 2.45) is 11.6 Å². The van der Waals surface area contributed by atoms with Crippen LogP contribution in [0, 0.1) is 0 Å². The van der Waals surface area contributed by atoms with Gasteiger partial charge in [-0.2, -0.15) is 11.0 Å². The minimum atomic E-state index is -0.210. The van der Waals surface area contributed by atoms with Crippen LogP contribution in [0.5, 0.6) is 0 Å². The van der Waals surface area contributed by atoms with Gasteiger partial charge in [0.05, 0.1) is 12.2 Å². The zero-order valence-electron chi connectivity index (χ0n) is 9.18. The van der Waals surface area contributed by atoms with Gasteiger partial charge in [-0.1, -0.05) is 0 Å². The maximum atomic E-state index is 5.81.